The number of carbonyl (C=O) groups is 2. The summed E-state index contributed by atoms with van der Waals surface area (Å²) in [6, 6.07) is 1.87. The highest BCUT2D eigenvalue weighted by Gasteiger charge is 2.26. The highest BCUT2D eigenvalue weighted by molar-refractivity contribution is 9.09. The van der Waals surface area contributed by atoms with Crippen molar-refractivity contribution in [2.45, 2.75) is 38.2 Å². The Labute approximate surface area is 193 Å². The van der Waals surface area contributed by atoms with Crippen molar-refractivity contribution in [3.05, 3.63) is 27.8 Å². The zero-order chi connectivity index (χ0) is 23.6. The third-order valence-electron chi connectivity index (χ3n) is 3.62. The summed E-state index contributed by atoms with van der Waals surface area (Å²) < 4.78 is 20.7. The molecule has 0 bridgehead atoms. The second-order valence-corrected chi connectivity index (χ2v) is 8.99. The fraction of sp³-hybridized carbons (Fsp3) is 0.579. The summed E-state index contributed by atoms with van der Waals surface area (Å²) in [5.74, 6) is 0.284. The van der Waals surface area contributed by atoms with Gasteiger partial charge < -0.3 is 24.3 Å². The van der Waals surface area contributed by atoms with E-state index in [-0.39, 0.29) is 22.9 Å². The minimum Gasteiger partial charge on any atom is -0.493 e. The van der Waals surface area contributed by atoms with Crippen LogP contribution in [0.2, 0.25) is 0 Å². The van der Waals surface area contributed by atoms with Gasteiger partial charge in [-0.05, 0) is 26.8 Å². The van der Waals surface area contributed by atoms with Crippen LogP contribution in [-0.2, 0) is 20.0 Å². The number of methoxy groups -OCH3 is 2. The van der Waals surface area contributed by atoms with Gasteiger partial charge in [-0.3, -0.25) is 10.1 Å². The number of alkyl carbamates (subject to hydrolysis) is 1. The Bertz CT molecular complexity index is 785. The van der Waals surface area contributed by atoms with Crippen molar-refractivity contribution < 1.29 is 33.5 Å². The molecular weight excluding hydrogens is 496 g/mol. The van der Waals surface area contributed by atoms with Crippen LogP contribution in [0.1, 0.15) is 26.3 Å². The van der Waals surface area contributed by atoms with E-state index in [1.54, 1.807) is 20.8 Å². The zero-order valence-electron chi connectivity index (χ0n) is 18.1. The predicted molar refractivity (Wildman–Crippen MR) is 120 cm³/mol. The number of rotatable bonds is 11. The molecule has 12 heteroatoms. The maximum absolute atomic E-state index is 12.0. The lowest BCUT2D eigenvalue weighted by Gasteiger charge is -2.22. The lowest BCUT2D eigenvalue weighted by molar-refractivity contribution is -0.385. The molecule has 0 spiro atoms. The number of thioether (sulfide) groups is 1. The predicted octanol–water partition coefficient (Wildman–Crippen LogP) is 3.68. The standard InChI is InChI=1S/C19H27BrN2O8S/c1-19(2,3)30-18(24)21-13(17(23)28-5)11-31-10-12-8-15(27-4)16(29-7-6-20)9-14(12)22(25)26/h8-9,13H,6-7,10-11H2,1-5H3,(H,21,24). The Morgan fingerprint density at radius 3 is 2.45 bits per heavy atom. The van der Waals surface area contributed by atoms with Crippen LogP contribution < -0.4 is 14.8 Å². The third-order valence-corrected chi connectivity index (χ3v) is 5.02. The molecule has 0 radical (unpaired) electrons. The number of carbonyl (C=O) groups excluding carboxylic acids is 2. The molecule has 0 fully saturated rings. The first kappa shape index (κ1) is 26.8. The number of alkyl halides is 1. The van der Waals surface area contributed by atoms with Gasteiger partial charge in [-0.2, -0.15) is 11.8 Å². The summed E-state index contributed by atoms with van der Waals surface area (Å²) in [4.78, 5) is 35.0. The number of nitrogens with zero attached hydrogens (tertiary/aromatic N) is 1. The van der Waals surface area contributed by atoms with Gasteiger partial charge in [-0.25, -0.2) is 9.59 Å². The van der Waals surface area contributed by atoms with E-state index in [1.165, 1.54) is 38.1 Å². The topological polar surface area (TPSA) is 126 Å². The van der Waals surface area contributed by atoms with Gasteiger partial charge in [0.25, 0.3) is 5.69 Å². The van der Waals surface area contributed by atoms with Crippen LogP contribution >= 0.6 is 27.7 Å². The van der Waals surface area contributed by atoms with E-state index < -0.39 is 28.6 Å². The molecule has 10 nitrogen and oxygen atoms in total. The Morgan fingerprint density at radius 1 is 1.26 bits per heavy atom. The number of nitro groups is 1. The fourth-order valence-corrected chi connectivity index (χ4v) is 3.53. The summed E-state index contributed by atoms with van der Waals surface area (Å²) >= 11 is 4.45. The van der Waals surface area contributed by atoms with Crippen LogP contribution in [0.15, 0.2) is 12.1 Å². The Balaban J connectivity index is 2.93. The van der Waals surface area contributed by atoms with E-state index >= 15 is 0 Å². The van der Waals surface area contributed by atoms with Crippen molar-refractivity contribution in [1.29, 1.82) is 0 Å². The Morgan fingerprint density at radius 2 is 1.94 bits per heavy atom. The molecule has 1 N–H and O–H groups in total. The molecule has 1 aromatic rings. The number of esters is 1. The van der Waals surface area contributed by atoms with E-state index in [1.807, 2.05) is 0 Å². The molecule has 0 aliphatic heterocycles. The van der Waals surface area contributed by atoms with Crippen molar-refractivity contribution in [2.24, 2.45) is 0 Å². The van der Waals surface area contributed by atoms with Gasteiger partial charge in [-0.15, -0.1) is 0 Å². The quantitative estimate of drug-likeness (QED) is 0.200. The second-order valence-electron chi connectivity index (χ2n) is 7.16. The van der Waals surface area contributed by atoms with Crippen LogP contribution in [0, 0.1) is 10.1 Å². The maximum atomic E-state index is 12.0. The number of hydrogen-bond donors (Lipinski definition) is 1. The normalized spacial score (nSPS) is 11.9. The summed E-state index contributed by atoms with van der Waals surface area (Å²) in [6.45, 7) is 5.42. The summed E-state index contributed by atoms with van der Waals surface area (Å²) in [5.41, 5.74) is -0.472. The monoisotopic (exact) mass is 522 g/mol. The number of amides is 1. The molecule has 174 valence electrons. The average Bonchev–Trinajstić information content (AvgIpc) is 2.69. The lowest BCUT2D eigenvalue weighted by Crippen LogP contribution is -2.45. The molecule has 1 aromatic carbocycles. The van der Waals surface area contributed by atoms with Crippen LogP contribution in [-0.4, -0.2) is 60.5 Å². The number of hydrogen-bond acceptors (Lipinski definition) is 9. The maximum Gasteiger partial charge on any atom is 0.408 e. The van der Waals surface area contributed by atoms with Gasteiger partial charge in [0.1, 0.15) is 11.6 Å². The Kier molecular flexibility index (Phi) is 10.9. The fourth-order valence-electron chi connectivity index (χ4n) is 2.35. The number of nitrogens with one attached hydrogen (secondary N) is 1. The SMILES string of the molecule is COC(=O)C(CSCc1cc(OC)c(OCCBr)cc1[N+](=O)[O-])NC(=O)OC(C)(C)C. The first-order valence-electron chi connectivity index (χ1n) is 9.21. The van der Waals surface area contributed by atoms with Crippen molar-refractivity contribution in [2.75, 3.05) is 31.9 Å². The molecule has 0 saturated carbocycles. The van der Waals surface area contributed by atoms with E-state index in [0.717, 1.165) is 0 Å². The van der Waals surface area contributed by atoms with Gasteiger partial charge in [-0.1, -0.05) is 15.9 Å². The number of nitro benzene ring substituents is 1. The molecule has 0 aliphatic rings. The zero-order valence-corrected chi connectivity index (χ0v) is 20.5. The molecule has 1 rings (SSSR count). The van der Waals surface area contributed by atoms with Crippen molar-refractivity contribution in [3.63, 3.8) is 0 Å². The molecule has 0 heterocycles. The molecule has 0 aromatic heterocycles. The van der Waals surface area contributed by atoms with Crippen molar-refractivity contribution in [1.82, 2.24) is 5.32 Å². The van der Waals surface area contributed by atoms with Gasteiger partial charge in [0.05, 0.1) is 31.8 Å². The second kappa shape index (κ2) is 12.6. The van der Waals surface area contributed by atoms with Crippen molar-refractivity contribution in [3.8, 4) is 11.5 Å². The highest BCUT2D eigenvalue weighted by atomic mass is 79.9. The van der Waals surface area contributed by atoms with Crippen LogP contribution in [0.3, 0.4) is 0 Å². The van der Waals surface area contributed by atoms with Gasteiger partial charge in [0.2, 0.25) is 0 Å². The highest BCUT2D eigenvalue weighted by Crippen LogP contribution is 2.36. The van der Waals surface area contributed by atoms with Gasteiger partial charge in [0.15, 0.2) is 11.5 Å². The summed E-state index contributed by atoms with van der Waals surface area (Å²) in [7, 11) is 2.65. The molecule has 0 saturated heterocycles. The molecule has 1 unspecified atom stereocenters. The van der Waals surface area contributed by atoms with Crippen LogP contribution in [0.25, 0.3) is 0 Å². The summed E-state index contributed by atoms with van der Waals surface area (Å²) in [5, 5.41) is 14.5. The molecule has 1 atom stereocenters. The van der Waals surface area contributed by atoms with Crippen LogP contribution in [0.5, 0.6) is 11.5 Å². The largest absolute Gasteiger partial charge is 0.493 e. The minimum absolute atomic E-state index is 0.118. The molecular formula is C19H27BrN2O8S. The van der Waals surface area contributed by atoms with Crippen LogP contribution in [0.4, 0.5) is 10.5 Å². The number of benzene rings is 1. The lowest BCUT2D eigenvalue weighted by atomic mass is 10.2. The first-order valence-corrected chi connectivity index (χ1v) is 11.5. The molecule has 31 heavy (non-hydrogen) atoms. The van der Waals surface area contributed by atoms with Gasteiger partial charge >= 0.3 is 12.1 Å². The average molecular weight is 523 g/mol. The van der Waals surface area contributed by atoms with E-state index in [4.69, 9.17) is 18.9 Å². The molecule has 1 amide bonds. The molecule has 0 aliphatic carbocycles. The number of halogens is 1. The smallest absolute Gasteiger partial charge is 0.408 e. The number of ether oxygens (including phenoxy) is 4. The summed E-state index contributed by atoms with van der Waals surface area (Å²) in [6.07, 6.45) is -0.760. The van der Waals surface area contributed by atoms with Gasteiger partial charge in [0, 0.05) is 22.4 Å². The van der Waals surface area contributed by atoms with E-state index in [0.29, 0.717) is 23.2 Å². The minimum atomic E-state index is -0.979. The van der Waals surface area contributed by atoms with E-state index in [2.05, 4.69) is 21.2 Å². The Hall–Kier alpha value is -2.21. The first-order chi connectivity index (χ1) is 14.5. The van der Waals surface area contributed by atoms with Crippen molar-refractivity contribution >= 4 is 45.4 Å². The third kappa shape index (κ3) is 9.21. The van der Waals surface area contributed by atoms with E-state index in [9.17, 15) is 19.7 Å².